The first-order chi connectivity index (χ1) is 11.9. The highest BCUT2D eigenvalue weighted by atomic mass is 19.4. The van der Waals surface area contributed by atoms with Crippen molar-refractivity contribution in [2.75, 3.05) is 6.54 Å². The summed E-state index contributed by atoms with van der Waals surface area (Å²) in [5, 5.41) is 2.31. The van der Waals surface area contributed by atoms with E-state index in [-0.39, 0.29) is 13.2 Å². The fourth-order valence-electron chi connectivity index (χ4n) is 1.88. The van der Waals surface area contributed by atoms with Crippen molar-refractivity contribution in [3.05, 3.63) is 71.0 Å². The van der Waals surface area contributed by atoms with E-state index in [2.05, 4.69) is 17.2 Å². The van der Waals surface area contributed by atoms with Crippen LogP contribution in [0.4, 0.5) is 22.4 Å². The maximum absolute atomic E-state index is 13.7. The predicted molar refractivity (Wildman–Crippen MR) is 82.9 cm³/mol. The van der Waals surface area contributed by atoms with Gasteiger partial charge in [-0.2, -0.15) is 13.2 Å². The summed E-state index contributed by atoms with van der Waals surface area (Å²) in [6.45, 7) is -0.119. The first-order valence-corrected chi connectivity index (χ1v) is 7.17. The van der Waals surface area contributed by atoms with Crippen LogP contribution >= 0.6 is 0 Å². The zero-order chi connectivity index (χ0) is 18.3. The van der Waals surface area contributed by atoms with E-state index < -0.39 is 29.2 Å². The minimum atomic E-state index is -4.79. The van der Waals surface area contributed by atoms with Gasteiger partial charge in [0.1, 0.15) is 6.61 Å². The monoisotopic (exact) mass is 351 g/mol. The maximum Gasteiger partial charge on any atom is 0.419 e. The summed E-state index contributed by atoms with van der Waals surface area (Å²) in [6.07, 6.45) is -5.52. The highest BCUT2D eigenvalue weighted by Crippen LogP contribution is 2.32. The van der Waals surface area contributed by atoms with Gasteiger partial charge in [0.25, 0.3) is 0 Å². The van der Waals surface area contributed by atoms with Gasteiger partial charge < -0.3 is 10.1 Å². The molecule has 25 heavy (non-hydrogen) atoms. The molecule has 0 fully saturated rings. The Bertz CT molecular complexity index is 792. The molecule has 3 nitrogen and oxygen atoms in total. The van der Waals surface area contributed by atoms with Crippen molar-refractivity contribution in [3.63, 3.8) is 0 Å². The van der Waals surface area contributed by atoms with E-state index in [4.69, 9.17) is 4.74 Å². The van der Waals surface area contributed by atoms with Crippen LogP contribution < -0.4 is 5.32 Å². The fourth-order valence-corrected chi connectivity index (χ4v) is 1.88. The summed E-state index contributed by atoms with van der Waals surface area (Å²) >= 11 is 0. The molecule has 2 aromatic rings. The normalized spacial score (nSPS) is 10.6. The minimum absolute atomic E-state index is 0.0718. The van der Waals surface area contributed by atoms with Crippen LogP contribution in [0.15, 0.2) is 48.5 Å². The number of benzene rings is 2. The third kappa shape index (κ3) is 5.53. The van der Waals surface area contributed by atoms with Gasteiger partial charge in [0.15, 0.2) is 5.82 Å². The third-order valence-electron chi connectivity index (χ3n) is 3.06. The Morgan fingerprint density at radius 1 is 1.08 bits per heavy atom. The number of alkyl carbamates (subject to hydrolysis) is 1. The summed E-state index contributed by atoms with van der Waals surface area (Å²) in [5.74, 6) is 3.20. The molecule has 1 amide bonds. The van der Waals surface area contributed by atoms with Crippen LogP contribution in [-0.2, 0) is 17.5 Å². The third-order valence-corrected chi connectivity index (χ3v) is 3.06. The van der Waals surface area contributed by atoms with Crippen LogP contribution in [-0.4, -0.2) is 12.6 Å². The highest BCUT2D eigenvalue weighted by Gasteiger charge is 2.34. The zero-order valence-corrected chi connectivity index (χ0v) is 12.9. The second kappa shape index (κ2) is 8.20. The van der Waals surface area contributed by atoms with Crippen LogP contribution in [0.2, 0.25) is 0 Å². The average Bonchev–Trinajstić information content (AvgIpc) is 2.58. The summed E-state index contributed by atoms with van der Waals surface area (Å²) in [5.41, 5.74) is -0.974. The van der Waals surface area contributed by atoms with Crippen molar-refractivity contribution in [3.8, 4) is 11.8 Å². The average molecular weight is 351 g/mol. The number of nitrogens with one attached hydrogen (secondary N) is 1. The fraction of sp³-hybridized carbons (Fsp3) is 0.167. The number of rotatable bonds is 3. The number of hydrogen-bond acceptors (Lipinski definition) is 2. The number of amides is 1. The molecule has 0 aromatic heterocycles. The van der Waals surface area contributed by atoms with Gasteiger partial charge in [-0.1, -0.05) is 48.2 Å². The Morgan fingerprint density at radius 3 is 2.48 bits per heavy atom. The molecule has 0 unspecified atom stereocenters. The lowest BCUT2D eigenvalue weighted by molar-refractivity contribution is -0.140. The summed E-state index contributed by atoms with van der Waals surface area (Å²) in [7, 11) is 0. The van der Waals surface area contributed by atoms with E-state index in [1.54, 1.807) is 24.3 Å². The van der Waals surface area contributed by atoms with Crippen molar-refractivity contribution >= 4 is 6.09 Å². The molecule has 2 aromatic carbocycles. The number of hydrogen-bond donors (Lipinski definition) is 1. The lowest BCUT2D eigenvalue weighted by Gasteiger charge is -2.08. The van der Waals surface area contributed by atoms with Gasteiger partial charge in [-0.05, 0) is 17.7 Å². The summed E-state index contributed by atoms with van der Waals surface area (Å²) in [6, 6.07) is 11.8. The number of carbonyl (C=O) groups excluding carboxylic acids is 1. The van der Waals surface area contributed by atoms with Crippen molar-refractivity contribution < 1.29 is 27.1 Å². The molecule has 0 saturated carbocycles. The van der Waals surface area contributed by atoms with Crippen LogP contribution in [0, 0.1) is 17.7 Å². The van der Waals surface area contributed by atoms with Crippen LogP contribution in [0.1, 0.15) is 16.7 Å². The lowest BCUT2D eigenvalue weighted by Crippen LogP contribution is -2.24. The molecule has 0 radical (unpaired) electrons. The predicted octanol–water partition coefficient (Wildman–Crippen LogP) is 4.12. The van der Waals surface area contributed by atoms with Gasteiger partial charge in [0.05, 0.1) is 17.7 Å². The summed E-state index contributed by atoms with van der Waals surface area (Å²) in [4.78, 5) is 11.5. The topological polar surface area (TPSA) is 38.3 Å². The van der Waals surface area contributed by atoms with Gasteiger partial charge in [-0.25, -0.2) is 9.18 Å². The van der Waals surface area contributed by atoms with Gasteiger partial charge in [0, 0.05) is 0 Å². The van der Waals surface area contributed by atoms with E-state index >= 15 is 0 Å². The second-order valence-corrected chi connectivity index (χ2v) is 4.88. The first kappa shape index (κ1) is 18.3. The zero-order valence-electron chi connectivity index (χ0n) is 12.9. The standard InChI is InChI=1S/C18H13F4NO2/c19-16-14(8-4-10-15(16)18(20,21)22)9-5-11-23-17(24)25-12-13-6-2-1-3-7-13/h1-4,6-8,10H,11-12H2,(H,23,24). The Balaban J connectivity index is 1.87. The van der Waals surface area contributed by atoms with E-state index in [0.29, 0.717) is 6.07 Å². The van der Waals surface area contributed by atoms with Crippen LogP contribution in [0.25, 0.3) is 0 Å². The Morgan fingerprint density at radius 2 is 1.80 bits per heavy atom. The molecule has 130 valence electrons. The molecule has 1 N–H and O–H groups in total. The SMILES string of the molecule is O=C(NCC#Cc1cccc(C(F)(F)F)c1F)OCc1ccccc1. The molecule has 7 heteroatoms. The molecular formula is C18H13F4NO2. The van der Waals surface area contributed by atoms with Crippen molar-refractivity contribution in [1.29, 1.82) is 0 Å². The van der Waals surface area contributed by atoms with Crippen molar-refractivity contribution in [1.82, 2.24) is 5.32 Å². The largest absolute Gasteiger partial charge is 0.445 e. The van der Waals surface area contributed by atoms with Crippen LogP contribution in [0.5, 0.6) is 0 Å². The quantitative estimate of drug-likeness (QED) is 0.667. The van der Waals surface area contributed by atoms with E-state index in [9.17, 15) is 22.4 Å². The highest BCUT2D eigenvalue weighted by molar-refractivity contribution is 5.67. The molecule has 0 aliphatic rings. The minimum Gasteiger partial charge on any atom is -0.445 e. The van der Waals surface area contributed by atoms with Gasteiger partial charge in [-0.3, -0.25) is 0 Å². The Hall–Kier alpha value is -3.01. The van der Waals surface area contributed by atoms with Gasteiger partial charge in [-0.15, -0.1) is 0 Å². The molecule has 0 heterocycles. The number of alkyl halides is 3. The molecule has 0 spiro atoms. The smallest absolute Gasteiger partial charge is 0.419 e. The van der Waals surface area contributed by atoms with Crippen molar-refractivity contribution in [2.24, 2.45) is 0 Å². The maximum atomic E-state index is 13.7. The number of halogens is 4. The molecule has 0 atom stereocenters. The van der Waals surface area contributed by atoms with E-state index in [1.807, 2.05) is 6.07 Å². The lowest BCUT2D eigenvalue weighted by atomic mass is 10.1. The molecule has 0 aliphatic heterocycles. The van der Waals surface area contributed by atoms with E-state index in [0.717, 1.165) is 17.7 Å². The van der Waals surface area contributed by atoms with Crippen LogP contribution in [0.3, 0.4) is 0 Å². The molecule has 0 saturated heterocycles. The Kier molecular flexibility index (Phi) is 6.01. The molecule has 2 rings (SSSR count). The Labute approximate surface area is 141 Å². The molecule has 0 aliphatic carbocycles. The number of ether oxygens (including phenoxy) is 1. The second-order valence-electron chi connectivity index (χ2n) is 4.88. The first-order valence-electron chi connectivity index (χ1n) is 7.17. The molecular weight excluding hydrogens is 338 g/mol. The van der Waals surface area contributed by atoms with Gasteiger partial charge in [0.2, 0.25) is 0 Å². The van der Waals surface area contributed by atoms with E-state index in [1.165, 1.54) is 0 Å². The van der Waals surface area contributed by atoms with Crippen molar-refractivity contribution in [2.45, 2.75) is 12.8 Å². The summed E-state index contributed by atoms with van der Waals surface area (Å²) < 4.78 is 56.4. The number of carbonyl (C=O) groups is 1. The van der Waals surface area contributed by atoms with Gasteiger partial charge >= 0.3 is 12.3 Å². The molecule has 0 bridgehead atoms.